The molecule has 1 saturated heterocycles. The first-order chi connectivity index (χ1) is 20.5. The van der Waals surface area contributed by atoms with Crippen LogP contribution in [0.4, 0.5) is 16.2 Å². The summed E-state index contributed by atoms with van der Waals surface area (Å²) in [6, 6.07) is 27.4. The number of ether oxygens (including phenoxy) is 1. The Hall–Kier alpha value is -5.10. The molecule has 6 rings (SSSR count). The van der Waals surface area contributed by atoms with Crippen LogP contribution in [0.3, 0.4) is 0 Å². The number of aromatic carboxylic acids is 1. The normalized spacial score (nSPS) is 16.5. The van der Waals surface area contributed by atoms with Gasteiger partial charge in [-0.25, -0.2) is 14.6 Å². The van der Waals surface area contributed by atoms with E-state index in [0.717, 1.165) is 45.5 Å². The van der Waals surface area contributed by atoms with E-state index >= 15 is 0 Å². The number of fused-ring (bicyclic) bond motifs is 2. The van der Waals surface area contributed by atoms with Crippen molar-refractivity contribution in [3.8, 4) is 6.07 Å². The summed E-state index contributed by atoms with van der Waals surface area (Å²) in [5.74, 6) is -1.09. The Morgan fingerprint density at radius 1 is 0.952 bits per heavy atom. The van der Waals surface area contributed by atoms with Crippen molar-refractivity contribution in [3.05, 3.63) is 101 Å². The summed E-state index contributed by atoms with van der Waals surface area (Å²) in [6.45, 7) is 2.66. The number of hydrogen-bond acceptors (Lipinski definition) is 7. The van der Waals surface area contributed by atoms with Gasteiger partial charge in [0.1, 0.15) is 6.61 Å². The molecule has 0 bridgehead atoms. The Labute approximate surface area is 244 Å². The van der Waals surface area contributed by atoms with E-state index in [1.807, 2.05) is 48.5 Å². The molecule has 9 heteroatoms. The largest absolute Gasteiger partial charge is 0.477 e. The summed E-state index contributed by atoms with van der Waals surface area (Å²) >= 11 is 0. The highest BCUT2D eigenvalue weighted by atomic mass is 16.6. The maximum Gasteiger partial charge on any atom is 0.410 e. The molecule has 42 heavy (non-hydrogen) atoms. The average molecular weight is 562 g/mol. The summed E-state index contributed by atoms with van der Waals surface area (Å²) in [7, 11) is 0. The molecule has 1 atom stereocenters. The number of anilines is 2. The number of nitrogens with zero attached hydrogens (tertiary/aromatic N) is 5. The topological polar surface area (TPSA) is 110 Å². The van der Waals surface area contributed by atoms with E-state index in [2.05, 4.69) is 45.1 Å². The van der Waals surface area contributed by atoms with Gasteiger partial charge in [-0.1, -0.05) is 66.7 Å². The maximum atomic E-state index is 13.0. The number of nitriles is 1. The fourth-order valence-electron chi connectivity index (χ4n) is 6.00. The molecule has 0 spiro atoms. The highest BCUT2D eigenvalue weighted by Gasteiger charge is 2.34. The van der Waals surface area contributed by atoms with Crippen LogP contribution in [0.15, 0.2) is 78.9 Å². The third-order valence-electron chi connectivity index (χ3n) is 8.08. The number of amides is 1. The standard InChI is InChI=1S/C33H31N5O4/c34-15-13-25-20-37(17-18-38(25)33(41)42-22-23-7-2-1-3-8-23)31-19-28(32(39)40)35-29-21-36(16-14-27(29)31)30-12-6-10-24-9-4-5-11-26(24)30/h1-12,19,25H,13-14,16-18,20-22H2,(H,39,40)/t25-/m0/s1. The average Bonchev–Trinajstić information content (AvgIpc) is 3.03. The lowest BCUT2D eigenvalue weighted by Crippen LogP contribution is -2.55. The van der Waals surface area contributed by atoms with Gasteiger partial charge >= 0.3 is 12.1 Å². The van der Waals surface area contributed by atoms with Crippen molar-refractivity contribution in [2.24, 2.45) is 0 Å². The number of hydrogen-bond donors (Lipinski definition) is 1. The van der Waals surface area contributed by atoms with Crippen molar-refractivity contribution in [1.82, 2.24) is 9.88 Å². The Kier molecular flexibility index (Phi) is 7.60. The first-order valence-corrected chi connectivity index (χ1v) is 14.1. The van der Waals surface area contributed by atoms with Crippen LogP contribution in [-0.4, -0.2) is 59.3 Å². The Balaban J connectivity index is 1.25. The van der Waals surface area contributed by atoms with E-state index in [1.165, 1.54) is 0 Å². The molecule has 1 amide bonds. The molecule has 0 aliphatic carbocycles. The molecule has 0 saturated carbocycles. The second-order valence-corrected chi connectivity index (χ2v) is 10.6. The number of carbonyl (C=O) groups is 2. The number of rotatable bonds is 6. The van der Waals surface area contributed by atoms with E-state index in [9.17, 15) is 20.0 Å². The quantitative estimate of drug-likeness (QED) is 0.341. The monoisotopic (exact) mass is 561 g/mol. The van der Waals surface area contributed by atoms with E-state index < -0.39 is 12.1 Å². The van der Waals surface area contributed by atoms with Gasteiger partial charge in [0.2, 0.25) is 0 Å². The van der Waals surface area contributed by atoms with Crippen LogP contribution in [0, 0.1) is 11.3 Å². The van der Waals surface area contributed by atoms with E-state index in [-0.39, 0.29) is 24.8 Å². The summed E-state index contributed by atoms with van der Waals surface area (Å²) in [5.41, 5.74) is 4.56. The van der Waals surface area contributed by atoms with Crippen LogP contribution >= 0.6 is 0 Å². The van der Waals surface area contributed by atoms with E-state index in [0.29, 0.717) is 32.6 Å². The second kappa shape index (κ2) is 11.8. The van der Waals surface area contributed by atoms with E-state index in [4.69, 9.17) is 4.74 Å². The van der Waals surface area contributed by atoms with Crippen LogP contribution < -0.4 is 9.80 Å². The fraction of sp³-hybridized carbons (Fsp3) is 0.273. The highest BCUT2D eigenvalue weighted by Crippen LogP contribution is 2.35. The molecular weight excluding hydrogens is 530 g/mol. The molecule has 3 aromatic carbocycles. The summed E-state index contributed by atoms with van der Waals surface area (Å²) in [4.78, 5) is 35.7. The molecule has 1 aromatic heterocycles. The first kappa shape index (κ1) is 27.1. The van der Waals surface area contributed by atoms with Gasteiger partial charge in [0.15, 0.2) is 5.69 Å². The minimum atomic E-state index is -1.09. The predicted octanol–water partition coefficient (Wildman–Crippen LogP) is 5.24. The second-order valence-electron chi connectivity index (χ2n) is 10.6. The number of piperazine rings is 1. The molecule has 1 fully saturated rings. The van der Waals surface area contributed by atoms with Crippen LogP contribution in [0.25, 0.3) is 10.8 Å². The number of carboxylic acids is 1. The van der Waals surface area contributed by atoms with Crippen LogP contribution in [-0.2, 0) is 24.3 Å². The molecule has 3 heterocycles. The van der Waals surface area contributed by atoms with Crippen LogP contribution in [0.2, 0.25) is 0 Å². The molecule has 9 nitrogen and oxygen atoms in total. The van der Waals surface area contributed by atoms with Crippen molar-refractivity contribution in [2.45, 2.75) is 32.0 Å². The van der Waals surface area contributed by atoms with Gasteiger partial charge in [0.05, 0.1) is 30.8 Å². The maximum absolute atomic E-state index is 13.0. The van der Waals surface area contributed by atoms with Gasteiger partial charge in [0.25, 0.3) is 0 Å². The van der Waals surface area contributed by atoms with Crippen LogP contribution in [0.1, 0.15) is 33.7 Å². The summed E-state index contributed by atoms with van der Waals surface area (Å²) < 4.78 is 5.58. The van der Waals surface area contributed by atoms with Gasteiger partial charge in [-0.05, 0) is 29.5 Å². The Morgan fingerprint density at radius 3 is 2.55 bits per heavy atom. The molecule has 2 aliphatic rings. The van der Waals surface area contributed by atoms with Crippen molar-refractivity contribution >= 4 is 34.2 Å². The smallest absolute Gasteiger partial charge is 0.410 e. The number of carbonyl (C=O) groups excluding carboxylic acids is 1. The Bertz CT molecular complexity index is 1660. The fourth-order valence-corrected chi connectivity index (χ4v) is 6.00. The first-order valence-electron chi connectivity index (χ1n) is 14.1. The van der Waals surface area contributed by atoms with Crippen molar-refractivity contribution in [2.75, 3.05) is 36.0 Å². The molecule has 212 valence electrons. The number of aromatic nitrogens is 1. The minimum absolute atomic E-state index is 0.00921. The lowest BCUT2D eigenvalue weighted by Gasteiger charge is -2.42. The summed E-state index contributed by atoms with van der Waals surface area (Å²) in [6.07, 6.45) is 0.390. The lowest BCUT2D eigenvalue weighted by atomic mass is 9.98. The van der Waals surface area contributed by atoms with Gasteiger partial charge in [-0.15, -0.1) is 0 Å². The zero-order valence-electron chi connectivity index (χ0n) is 23.1. The number of benzene rings is 3. The van der Waals surface area contributed by atoms with Gasteiger partial charge in [-0.2, -0.15) is 5.26 Å². The third kappa shape index (κ3) is 5.44. The molecule has 0 unspecified atom stereocenters. The van der Waals surface area contributed by atoms with Gasteiger partial charge in [0, 0.05) is 48.5 Å². The lowest BCUT2D eigenvalue weighted by molar-refractivity contribution is 0.0690. The van der Waals surface area contributed by atoms with Crippen molar-refractivity contribution < 1.29 is 19.4 Å². The number of pyridine rings is 1. The molecule has 0 radical (unpaired) electrons. The van der Waals surface area contributed by atoms with Crippen molar-refractivity contribution in [3.63, 3.8) is 0 Å². The molecule has 4 aromatic rings. The molecule has 1 N–H and O–H groups in total. The highest BCUT2D eigenvalue weighted by molar-refractivity contribution is 5.94. The van der Waals surface area contributed by atoms with Gasteiger partial charge in [-0.3, -0.25) is 0 Å². The third-order valence-corrected chi connectivity index (χ3v) is 8.08. The SMILES string of the molecule is N#CC[C@H]1CN(c2cc(C(=O)O)nc3c2CCN(c2cccc4ccccc24)C3)CCN1C(=O)OCc1ccccc1. The summed E-state index contributed by atoms with van der Waals surface area (Å²) in [5, 5.41) is 21.8. The Morgan fingerprint density at radius 2 is 1.74 bits per heavy atom. The minimum Gasteiger partial charge on any atom is -0.477 e. The van der Waals surface area contributed by atoms with Gasteiger partial charge < -0.3 is 24.5 Å². The zero-order chi connectivity index (χ0) is 29.1. The molecule has 2 aliphatic heterocycles. The zero-order valence-corrected chi connectivity index (χ0v) is 23.1. The number of carboxylic acid groups (broad SMARTS) is 1. The molecular formula is C33H31N5O4. The predicted molar refractivity (Wildman–Crippen MR) is 159 cm³/mol. The van der Waals surface area contributed by atoms with Crippen molar-refractivity contribution in [1.29, 1.82) is 5.26 Å². The van der Waals surface area contributed by atoms with E-state index in [1.54, 1.807) is 11.0 Å². The van der Waals surface area contributed by atoms with Crippen LogP contribution in [0.5, 0.6) is 0 Å².